The van der Waals surface area contributed by atoms with Crippen LogP contribution in [0.2, 0.25) is 0 Å². The molecule has 2 aliphatic rings. The number of hydrogen-bond donors (Lipinski definition) is 1. The smallest absolute Gasteiger partial charge is 0.244 e. The summed E-state index contributed by atoms with van der Waals surface area (Å²) in [6.45, 7) is 7.78. The van der Waals surface area contributed by atoms with Gasteiger partial charge in [0, 0.05) is 44.5 Å². The number of fused-ring (bicyclic) bond motifs is 1. The van der Waals surface area contributed by atoms with Crippen molar-refractivity contribution in [3.8, 4) is 0 Å². The minimum atomic E-state index is 0.0264. The quantitative estimate of drug-likeness (QED) is 0.878. The maximum atomic E-state index is 12.9. The molecule has 3 heterocycles. The van der Waals surface area contributed by atoms with Gasteiger partial charge in [0.05, 0.1) is 11.7 Å². The normalized spacial score (nSPS) is 23.9. The van der Waals surface area contributed by atoms with E-state index < -0.39 is 0 Å². The topological polar surface area (TPSA) is 84.5 Å². The lowest BCUT2D eigenvalue weighted by Gasteiger charge is -2.30. The lowest BCUT2D eigenvalue weighted by Crippen LogP contribution is -2.38. The van der Waals surface area contributed by atoms with Crippen LogP contribution >= 0.6 is 0 Å². The van der Waals surface area contributed by atoms with Crippen molar-refractivity contribution >= 4 is 17.6 Å². The second kappa shape index (κ2) is 6.96. The molecule has 0 bridgehead atoms. The summed E-state index contributed by atoms with van der Waals surface area (Å²) in [5.74, 6) is 1.19. The van der Waals surface area contributed by atoms with Gasteiger partial charge in [0.2, 0.25) is 11.8 Å². The number of benzene rings is 1. The van der Waals surface area contributed by atoms with Crippen molar-refractivity contribution in [2.75, 3.05) is 25.4 Å². The van der Waals surface area contributed by atoms with Crippen molar-refractivity contribution in [1.29, 1.82) is 0 Å². The van der Waals surface area contributed by atoms with Gasteiger partial charge in [0.1, 0.15) is 12.4 Å². The summed E-state index contributed by atoms with van der Waals surface area (Å²) in [6.07, 6.45) is 0. The number of anilines is 1. The summed E-state index contributed by atoms with van der Waals surface area (Å²) in [7, 11) is 0. The average molecular weight is 381 g/mol. The first kappa shape index (κ1) is 18.5. The van der Waals surface area contributed by atoms with Crippen molar-refractivity contribution < 1.29 is 9.59 Å². The molecule has 3 atom stereocenters. The van der Waals surface area contributed by atoms with E-state index in [1.54, 1.807) is 17.7 Å². The third-order valence-electron chi connectivity index (χ3n) is 6.15. The number of amides is 2. The Labute approximate surface area is 165 Å². The van der Waals surface area contributed by atoms with Crippen LogP contribution in [0.4, 0.5) is 5.82 Å². The highest BCUT2D eigenvalue weighted by molar-refractivity contribution is 5.77. The molecule has 0 aliphatic carbocycles. The molecule has 2 fully saturated rings. The van der Waals surface area contributed by atoms with Crippen LogP contribution in [-0.4, -0.2) is 51.0 Å². The fraction of sp³-hybridized carbons (Fsp3) is 0.476. The summed E-state index contributed by atoms with van der Waals surface area (Å²) in [5, 5.41) is 4.29. The molecule has 2 saturated heterocycles. The minimum absolute atomic E-state index is 0.0264. The SMILES string of the molecule is CC(=O)N1C[C@H]2CN(C(=O)Cn3nc(C)cc3N)C[C@H]2[C@H]1c1ccccc1C. The van der Waals surface area contributed by atoms with E-state index in [2.05, 4.69) is 24.2 Å². The summed E-state index contributed by atoms with van der Waals surface area (Å²) in [4.78, 5) is 29.0. The molecule has 2 aliphatic heterocycles. The molecule has 2 aromatic rings. The first-order chi connectivity index (χ1) is 13.3. The first-order valence-electron chi connectivity index (χ1n) is 9.75. The predicted octanol–water partition coefficient (Wildman–Crippen LogP) is 1.76. The van der Waals surface area contributed by atoms with E-state index in [4.69, 9.17) is 5.73 Å². The zero-order chi connectivity index (χ0) is 20.0. The van der Waals surface area contributed by atoms with Crippen molar-refractivity contribution in [2.45, 2.75) is 33.4 Å². The first-order valence-corrected chi connectivity index (χ1v) is 9.75. The van der Waals surface area contributed by atoms with E-state index >= 15 is 0 Å². The van der Waals surface area contributed by atoms with Crippen LogP contribution in [0, 0.1) is 25.7 Å². The largest absolute Gasteiger partial charge is 0.384 e. The highest BCUT2D eigenvalue weighted by atomic mass is 16.2. The van der Waals surface area contributed by atoms with Gasteiger partial charge in [-0.25, -0.2) is 4.68 Å². The number of aryl methyl sites for hydroxylation is 2. The molecule has 0 unspecified atom stereocenters. The fourth-order valence-electron chi connectivity index (χ4n) is 4.81. The van der Waals surface area contributed by atoms with Crippen LogP contribution < -0.4 is 5.73 Å². The van der Waals surface area contributed by atoms with Crippen molar-refractivity contribution in [1.82, 2.24) is 19.6 Å². The van der Waals surface area contributed by atoms with Gasteiger partial charge in [-0.1, -0.05) is 24.3 Å². The van der Waals surface area contributed by atoms with Crippen LogP contribution in [0.3, 0.4) is 0 Å². The number of nitrogen functional groups attached to an aromatic ring is 1. The Hall–Kier alpha value is -2.83. The summed E-state index contributed by atoms with van der Waals surface area (Å²) < 4.78 is 1.56. The Balaban J connectivity index is 1.54. The molecule has 28 heavy (non-hydrogen) atoms. The number of nitrogens with two attached hydrogens (primary N) is 1. The molecule has 7 nitrogen and oxygen atoms in total. The molecule has 2 amide bonds. The van der Waals surface area contributed by atoms with Gasteiger partial charge in [0.25, 0.3) is 0 Å². The highest BCUT2D eigenvalue weighted by Crippen LogP contribution is 2.45. The number of likely N-dealkylation sites (tertiary alicyclic amines) is 2. The zero-order valence-electron chi connectivity index (χ0n) is 16.6. The molecule has 7 heteroatoms. The highest BCUT2D eigenvalue weighted by Gasteiger charge is 2.49. The van der Waals surface area contributed by atoms with E-state index in [0.29, 0.717) is 31.4 Å². The number of hydrogen-bond acceptors (Lipinski definition) is 4. The second-order valence-corrected chi connectivity index (χ2v) is 8.06. The minimum Gasteiger partial charge on any atom is -0.384 e. The number of carbonyl (C=O) groups excluding carboxylic acids is 2. The Morgan fingerprint density at radius 1 is 1.18 bits per heavy atom. The Morgan fingerprint density at radius 2 is 1.93 bits per heavy atom. The number of nitrogens with zero attached hydrogens (tertiary/aromatic N) is 4. The summed E-state index contributed by atoms with van der Waals surface area (Å²) in [5.41, 5.74) is 9.11. The molecule has 1 aromatic carbocycles. The van der Waals surface area contributed by atoms with Crippen LogP contribution in [0.1, 0.15) is 29.8 Å². The monoisotopic (exact) mass is 381 g/mol. The Morgan fingerprint density at radius 3 is 2.57 bits per heavy atom. The molecule has 4 rings (SSSR count). The third kappa shape index (κ3) is 3.15. The molecule has 0 spiro atoms. The molecule has 148 valence electrons. The maximum Gasteiger partial charge on any atom is 0.244 e. The molecule has 1 aromatic heterocycles. The third-order valence-corrected chi connectivity index (χ3v) is 6.15. The van der Waals surface area contributed by atoms with Gasteiger partial charge < -0.3 is 15.5 Å². The molecule has 2 N–H and O–H groups in total. The second-order valence-electron chi connectivity index (χ2n) is 8.06. The fourth-order valence-corrected chi connectivity index (χ4v) is 4.81. The Kier molecular flexibility index (Phi) is 4.61. The predicted molar refractivity (Wildman–Crippen MR) is 106 cm³/mol. The summed E-state index contributed by atoms with van der Waals surface area (Å²) >= 11 is 0. The van der Waals surface area contributed by atoms with Gasteiger partial charge in [-0.05, 0) is 25.0 Å². The number of rotatable bonds is 3. The van der Waals surface area contributed by atoms with E-state index in [1.807, 2.05) is 28.9 Å². The van der Waals surface area contributed by atoms with Crippen LogP contribution in [-0.2, 0) is 16.1 Å². The number of aromatic nitrogens is 2. The van der Waals surface area contributed by atoms with Crippen molar-refractivity contribution in [3.05, 3.63) is 47.2 Å². The van der Waals surface area contributed by atoms with Gasteiger partial charge in [0.15, 0.2) is 0 Å². The standard InChI is InChI=1S/C21H27N5O2/c1-13-6-4-5-7-17(13)21-18-11-24(9-16(18)10-25(21)15(3)27)20(28)12-26-19(22)8-14(2)23-26/h4-8,16,18,21H,9-12,22H2,1-3H3/t16-,18-,21-/m1/s1. The van der Waals surface area contributed by atoms with E-state index in [0.717, 1.165) is 5.69 Å². The molecule has 0 saturated carbocycles. The lowest BCUT2D eigenvalue weighted by molar-refractivity contribution is -0.132. The maximum absolute atomic E-state index is 12.9. The van der Waals surface area contributed by atoms with Gasteiger partial charge in [-0.15, -0.1) is 0 Å². The van der Waals surface area contributed by atoms with Crippen LogP contribution in [0.15, 0.2) is 30.3 Å². The molecular formula is C21H27N5O2. The van der Waals surface area contributed by atoms with E-state index in [1.165, 1.54) is 11.1 Å². The van der Waals surface area contributed by atoms with Gasteiger partial charge >= 0.3 is 0 Å². The van der Waals surface area contributed by atoms with Crippen molar-refractivity contribution in [3.63, 3.8) is 0 Å². The lowest BCUT2D eigenvalue weighted by atomic mass is 9.87. The van der Waals surface area contributed by atoms with Gasteiger partial charge in [-0.3, -0.25) is 9.59 Å². The van der Waals surface area contributed by atoms with Crippen LogP contribution in [0.5, 0.6) is 0 Å². The average Bonchev–Trinajstić information content (AvgIpc) is 3.28. The van der Waals surface area contributed by atoms with Gasteiger partial charge in [-0.2, -0.15) is 5.10 Å². The van der Waals surface area contributed by atoms with Crippen molar-refractivity contribution in [2.24, 2.45) is 11.8 Å². The van der Waals surface area contributed by atoms with Crippen LogP contribution in [0.25, 0.3) is 0 Å². The Bertz CT molecular complexity index is 921. The number of carbonyl (C=O) groups is 2. The molecule has 0 radical (unpaired) electrons. The van der Waals surface area contributed by atoms with E-state index in [-0.39, 0.29) is 30.3 Å². The zero-order valence-corrected chi connectivity index (χ0v) is 16.6. The van der Waals surface area contributed by atoms with E-state index in [9.17, 15) is 9.59 Å². The summed E-state index contributed by atoms with van der Waals surface area (Å²) in [6, 6.07) is 10.0. The molecular weight excluding hydrogens is 354 g/mol.